The van der Waals surface area contributed by atoms with Crippen molar-refractivity contribution in [1.82, 2.24) is 14.3 Å². The summed E-state index contributed by atoms with van der Waals surface area (Å²) in [5.41, 5.74) is 3.20. The maximum Gasteiger partial charge on any atom is 0.372 e. The van der Waals surface area contributed by atoms with Gasteiger partial charge in [0.1, 0.15) is 0 Å². The predicted octanol–water partition coefficient (Wildman–Crippen LogP) is 3.63. The number of hydrogen-bond donors (Lipinski definition) is 1. The minimum atomic E-state index is -0.366. The van der Waals surface area contributed by atoms with Gasteiger partial charge in [-0.3, -0.25) is 4.90 Å². The first-order valence-corrected chi connectivity index (χ1v) is 9.26. The molecule has 1 saturated heterocycles. The molecule has 3 aromatic rings. The summed E-state index contributed by atoms with van der Waals surface area (Å²) < 4.78 is 1.52. The topological polar surface area (TPSA) is 75.7 Å². The summed E-state index contributed by atoms with van der Waals surface area (Å²) in [4.78, 5) is 18.0. The van der Waals surface area contributed by atoms with Gasteiger partial charge in [0.25, 0.3) is 0 Å². The minimum Gasteiger partial charge on any atom is -0.360 e. The van der Waals surface area contributed by atoms with Crippen LogP contribution in [0.1, 0.15) is 24.0 Å². The highest BCUT2D eigenvalue weighted by atomic mass is 16.6. The van der Waals surface area contributed by atoms with Gasteiger partial charge in [0.15, 0.2) is 0 Å². The van der Waals surface area contributed by atoms with Crippen LogP contribution in [0.2, 0.25) is 0 Å². The number of likely N-dealkylation sites (tertiary alicyclic amines) is 1. The van der Waals surface area contributed by atoms with E-state index >= 15 is 0 Å². The molecule has 0 unspecified atom stereocenters. The number of anilines is 1. The maximum absolute atomic E-state index is 11.5. The van der Waals surface area contributed by atoms with Crippen molar-refractivity contribution in [3.63, 3.8) is 0 Å². The molecular weight excluding hydrogens is 342 g/mol. The second kappa shape index (κ2) is 7.36. The zero-order valence-electron chi connectivity index (χ0n) is 15.3. The summed E-state index contributed by atoms with van der Waals surface area (Å²) in [5, 5.41) is 14.8. The van der Waals surface area contributed by atoms with E-state index in [1.807, 2.05) is 6.07 Å². The number of benzene rings is 1. The van der Waals surface area contributed by atoms with Crippen molar-refractivity contribution in [2.75, 3.05) is 18.4 Å². The largest absolute Gasteiger partial charge is 0.372 e. The predicted molar refractivity (Wildman–Crippen MR) is 105 cm³/mol. The smallest absolute Gasteiger partial charge is 0.360 e. The van der Waals surface area contributed by atoms with E-state index in [2.05, 4.69) is 46.4 Å². The van der Waals surface area contributed by atoms with Crippen molar-refractivity contribution in [2.45, 2.75) is 32.4 Å². The van der Waals surface area contributed by atoms with Gasteiger partial charge in [0, 0.05) is 31.7 Å². The molecular formula is C20H23N5O2. The van der Waals surface area contributed by atoms with E-state index in [1.165, 1.54) is 15.5 Å². The van der Waals surface area contributed by atoms with E-state index in [1.54, 1.807) is 18.3 Å². The summed E-state index contributed by atoms with van der Waals surface area (Å²) in [6.45, 7) is 4.99. The fourth-order valence-electron chi connectivity index (χ4n) is 3.75. The van der Waals surface area contributed by atoms with Crippen LogP contribution < -0.4 is 5.32 Å². The molecule has 0 amide bonds. The minimum absolute atomic E-state index is 0.00721. The summed E-state index contributed by atoms with van der Waals surface area (Å²) in [6.07, 6.45) is 3.56. The van der Waals surface area contributed by atoms with Gasteiger partial charge in [-0.1, -0.05) is 35.9 Å². The van der Waals surface area contributed by atoms with Crippen LogP contribution in [0.4, 0.5) is 11.6 Å². The quantitative estimate of drug-likeness (QED) is 0.552. The summed E-state index contributed by atoms with van der Waals surface area (Å²) in [5.74, 6) is 0.371. The van der Waals surface area contributed by atoms with Crippen molar-refractivity contribution < 1.29 is 4.92 Å². The van der Waals surface area contributed by atoms with Gasteiger partial charge in [0.2, 0.25) is 11.5 Å². The molecule has 0 saturated carbocycles. The van der Waals surface area contributed by atoms with Crippen LogP contribution >= 0.6 is 0 Å². The number of imidazole rings is 1. The second-order valence-corrected chi connectivity index (χ2v) is 7.15. The third kappa shape index (κ3) is 3.78. The van der Waals surface area contributed by atoms with Crippen LogP contribution in [0.15, 0.2) is 48.7 Å². The molecule has 1 aliphatic rings. The lowest BCUT2D eigenvalue weighted by Crippen LogP contribution is -2.38. The van der Waals surface area contributed by atoms with E-state index in [9.17, 15) is 10.1 Å². The number of piperidine rings is 1. The van der Waals surface area contributed by atoms with Crippen LogP contribution in [0, 0.1) is 17.0 Å². The van der Waals surface area contributed by atoms with E-state index in [0.717, 1.165) is 32.5 Å². The number of aryl methyl sites for hydroxylation is 1. The molecule has 2 aromatic heterocycles. The van der Waals surface area contributed by atoms with Crippen LogP contribution in [0.5, 0.6) is 0 Å². The Morgan fingerprint density at radius 2 is 2.04 bits per heavy atom. The van der Waals surface area contributed by atoms with E-state index < -0.39 is 0 Å². The van der Waals surface area contributed by atoms with Crippen molar-refractivity contribution in [3.8, 4) is 0 Å². The number of aromatic nitrogens is 2. The molecule has 140 valence electrons. The molecule has 0 atom stereocenters. The van der Waals surface area contributed by atoms with E-state index in [0.29, 0.717) is 11.5 Å². The number of pyridine rings is 1. The molecule has 1 N–H and O–H groups in total. The first kappa shape index (κ1) is 17.5. The van der Waals surface area contributed by atoms with Crippen LogP contribution in [0.25, 0.3) is 5.65 Å². The highest BCUT2D eigenvalue weighted by molar-refractivity contribution is 5.62. The third-order valence-electron chi connectivity index (χ3n) is 5.09. The number of hydrogen-bond acceptors (Lipinski definition) is 5. The Balaban J connectivity index is 1.41. The lowest BCUT2D eigenvalue weighted by Gasteiger charge is -2.32. The van der Waals surface area contributed by atoms with Gasteiger partial charge in [-0.15, -0.1) is 0 Å². The van der Waals surface area contributed by atoms with Crippen molar-refractivity contribution in [2.24, 2.45) is 0 Å². The number of nitrogens with one attached hydrogen (secondary N) is 1. The summed E-state index contributed by atoms with van der Waals surface area (Å²) >= 11 is 0. The fourth-order valence-corrected chi connectivity index (χ4v) is 3.75. The molecule has 7 heteroatoms. The molecule has 4 rings (SSSR count). The number of nitro groups is 1. The van der Waals surface area contributed by atoms with Gasteiger partial charge < -0.3 is 15.4 Å². The lowest BCUT2D eigenvalue weighted by molar-refractivity contribution is -0.389. The Bertz CT molecular complexity index is 960. The Labute approximate surface area is 157 Å². The van der Waals surface area contributed by atoms with Gasteiger partial charge in [-0.25, -0.2) is 0 Å². The first-order valence-electron chi connectivity index (χ1n) is 9.26. The Morgan fingerprint density at radius 3 is 2.78 bits per heavy atom. The molecule has 1 fully saturated rings. The Kier molecular flexibility index (Phi) is 4.77. The summed E-state index contributed by atoms with van der Waals surface area (Å²) in [7, 11) is 0. The second-order valence-electron chi connectivity index (χ2n) is 7.15. The van der Waals surface area contributed by atoms with Gasteiger partial charge in [-0.05, 0) is 36.3 Å². The lowest BCUT2D eigenvalue weighted by atomic mass is 10.0. The molecule has 27 heavy (non-hydrogen) atoms. The van der Waals surface area contributed by atoms with Crippen LogP contribution in [-0.2, 0) is 6.54 Å². The molecule has 0 bridgehead atoms. The SMILES string of the molecule is Cc1cccc(CN2CCC(Nc3nc4ccccn4c3[N+](=O)[O-])CC2)c1. The number of rotatable bonds is 5. The maximum atomic E-state index is 11.5. The van der Waals surface area contributed by atoms with Crippen molar-refractivity contribution in [3.05, 3.63) is 69.9 Å². The average molecular weight is 365 g/mol. The fraction of sp³-hybridized carbons (Fsp3) is 0.350. The normalized spacial score (nSPS) is 15.9. The molecule has 1 aromatic carbocycles. The average Bonchev–Trinajstić information content (AvgIpc) is 3.01. The van der Waals surface area contributed by atoms with E-state index in [-0.39, 0.29) is 16.8 Å². The Morgan fingerprint density at radius 1 is 1.22 bits per heavy atom. The van der Waals surface area contributed by atoms with Crippen LogP contribution in [0.3, 0.4) is 0 Å². The molecule has 1 aliphatic heterocycles. The van der Waals surface area contributed by atoms with Crippen molar-refractivity contribution in [1.29, 1.82) is 0 Å². The van der Waals surface area contributed by atoms with Gasteiger partial charge in [-0.2, -0.15) is 9.38 Å². The number of nitrogens with zero attached hydrogens (tertiary/aromatic N) is 4. The molecule has 0 aliphatic carbocycles. The van der Waals surface area contributed by atoms with Gasteiger partial charge in [0.05, 0.1) is 6.20 Å². The standard InChI is InChI=1S/C20H23N5O2/c1-15-5-4-6-16(13-15)14-23-11-8-17(9-12-23)21-19-20(25(26)27)24-10-3-2-7-18(24)22-19/h2-7,10,13,17,21H,8-9,11-12,14H2,1H3. The molecule has 7 nitrogen and oxygen atoms in total. The highest BCUT2D eigenvalue weighted by Crippen LogP contribution is 2.27. The third-order valence-corrected chi connectivity index (χ3v) is 5.09. The Hall–Kier alpha value is -2.93. The zero-order chi connectivity index (χ0) is 18.8. The van der Waals surface area contributed by atoms with Crippen molar-refractivity contribution >= 4 is 17.3 Å². The molecule has 0 spiro atoms. The zero-order valence-corrected chi connectivity index (χ0v) is 15.3. The molecule has 0 radical (unpaired) electrons. The summed E-state index contributed by atoms with van der Waals surface area (Å²) in [6, 6.07) is 14.2. The van der Waals surface area contributed by atoms with Crippen LogP contribution in [-0.4, -0.2) is 38.3 Å². The number of fused-ring (bicyclic) bond motifs is 1. The molecule has 3 heterocycles. The van der Waals surface area contributed by atoms with Gasteiger partial charge >= 0.3 is 5.82 Å². The highest BCUT2D eigenvalue weighted by Gasteiger charge is 2.26. The first-order chi connectivity index (χ1) is 13.1. The van der Waals surface area contributed by atoms with E-state index in [4.69, 9.17) is 0 Å². The monoisotopic (exact) mass is 365 g/mol.